The van der Waals surface area contributed by atoms with E-state index in [9.17, 15) is 27.7 Å². The Bertz CT molecular complexity index is 524. The number of pyridine rings is 1. The largest absolute Gasteiger partial charge is 0.573 e. The maximum absolute atomic E-state index is 13.1. The summed E-state index contributed by atoms with van der Waals surface area (Å²) >= 11 is 0. The predicted octanol–water partition coefficient (Wildman–Crippen LogP) is 2.09. The van der Waals surface area contributed by atoms with Gasteiger partial charge in [0.15, 0.2) is 0 Å². The van der Waals surface area contributed by atoms with E-state index in [0.29, 0.717) is 6.20 Å². The first-order chi connectivity index (χ1) is 8.26. The Morgan fingerprint density at radius 3 is 2.61 bits per heavy atom. The Morgan fingerprint density at radius 2 is 2.17 bits per heavy atom. The highest BCUT2D eigenvalue weighted by atomic mass is 19.4. The molecule has 0 aliphatic carbocycles. The van der Waals surface area contributed by atoms with Gasteiger partial charge < -0.3 is 4.74 Å². The first-order valence-corrected chi connectivity index (χ1v) is 4.20. The Labute approximate surface area is 96.6 Å². The minimum Gasteiger partial charge on any atom is -0.396 e. The number of nitro groups is 1. The third-order valence-corrected chi connectivity index (χ3v) is 1.68. The Hall–Kier alpha value is -2.44. The Balaban J connectivity index is 3.44. The molecule has 1 aromatic rings. The lowest BCUT2D eigenvalue weighted by molar-refractivity contribution is -0.391. The fraction of sp³-hybridized carbons (Fsp3) is 0.250. The molecule has 0 fully saturated rings. The zero-order valence-electron chi connectivity index (χ0n) is 8.36. The lowest BCUT2D eigenvalue weighted by Gasteiger charge is -2.11. The summed E-state index contributed by atoms with van der Waals surface area (Å²) < 4.78 is 52.6. The van der Waals surface area contributed by atoms with E-state index in [1.54, 1.807) is 0 Å². The summed E-state index contributed by atoms with van der Waals surface area (Å²) in [5.41, 5.74) is -2.17. The van der Waals surface area contributed by atoms with E-state index in [0.717, 1.165) is 0 Å². The molecule has 1 rings (SSSR count). The van der Waals surface area contributed by atoms with Crippen molar-refractivity contribution in [3.8, 4) is 11.8 Å². The normalized spacial score (nSPS) is 10.8. The summed E-state index contributed by atoms with van der Waals surface area (Å²) in [6.07, 6.45) is -5.59. The predicted molar refractivity (Wildman–Crippen MR) is 46.8 cm³/mol. The number of aromatic nitrogens is 1. The van der Waals surface area contributed by atoms with Gasteiger partial charge in [-0.15, -0.1) is 13.2 Å². The molecule has 0 saturated carbocycles. The van der Waals surface area contributed by atoms with Gasteiger partial charge in [0.25, 0.3) is 0 Å². The lowest BCUT2D eigenvalue weighted by Crippen LogP contribution is -2.20. The number of hydrogen-bond donors (Lipinski definition) is 0. The van der Waals surface area contributed by atoms with Crippen molar-refractivity contribution in [2.45, 2.75) is 12.8 Å². The van der Waals surface area contributed by atoms with Crippen molar-refractivity contribution in [2.24, 2.45) is 0 Å². The van der Waals surface area contributed by atoms with Gasteiger partial charge in [-0.2, -0.15) is 9.65 Å². The molecule has 0 radical (unpaired) electrons. The van der Waals surface area contributed by atoms with Crippen LogP contribution in [0.3, 0.4) is 0 Å². The van der Waals surface area contributed by atoms with Gasteiger partial charge in [0.05, 0.1) is 23.6 Å². The van der Waals surface area contributed by atoms with Gasteiger partial charge in [-0.05, 0) is 0 Å². The Kier molecular flexibility index (Phi) is 3.65. The first kappa shape index (κ1) is 13.6. The molecule has 0 unspecified atom stereocenters. The highest BCUT2D eigenvalue weighted by molar-refractivity contribution is 5.50. The van der Waals surface area contributed by atoms with Crippen LogP contribution in [0.5, 0.6) is 5.75 Å². The molecule has 0 atom stereocenters. The fourth-order valence-corrected chi connectivity index (χ4v) is 1.09. The summed E-state index contributed by atoms with van der Waals surface area (Å²) in [5.74, 6) is -2.99. The molecule has 0 amide bonds. The zero-order valence-corrected chi connectivity index (χ0v) is 8.36. The summed E-state index contributed by atoms with van der Waals surface area (Å²) in [5, 5.41) is 18.8. The van der Waals surface area contributed by atoms with Crippen molar-refractivity contribution in [1.82, 2.24) is 4.98 Å². The summed E-state index contributed by atoms with van der Waals surface area (Å²) in [4.78, 5) is 12.3. The van der Waals surface area contributed by atoms with Crippen LogP contribution in [0.15, 0.2) is 6.20 Å². The quantitative estimate of drug-likeness (QED) is 0.474. The van der Waals surface area contributed by atoms with Crippen molar-refractivity contribution in [2.75, 3.05) is 0 Å². The van der Waals surface area contributed by atoms with E-state index in [-0.39, 0.29) is 0 Å². The van der Waals surface area contributed by atoms with Crippen LogP contribution in [0.1, 0.15) is 5.69 Å². The van der Waals surface area contributed by atoms with Gasteiger partial charge >= 0.3 is 12.0 Å². The second kappa shape index (κ2) is 4.82. The molecule has 1 heterocycles. The smallest absolute Gasteiger partial charge is 0.396 e. The highest BCUT2D eigenvalue weighted by Gasteiger charge is 2.38. The second-order valence-corrected chi connectivity index (χ2v) is 2.87. The van der Waals surface area contributed by atoms with Gasteiger partial charge in [0.2, 0.25) is 11.6 Å². The van der Waals surface area contributed by atoms with Crippen LogP contribution in [-0.4, -0.2) is 16.3 Å². The average Bonchev–Trinajstić information content (AvgIpc) is 2.19. The molecule has 0 aliphatic heterocycles. The maximum Gasteiger partial charge on any atom is 0.573 e. The van der Waals surface area contributed by atoms with Crippen LogP contribution in [0.2, 0.25) is 0 Å². The van der Waals surface area contributed by atoms with Gasteiger partial charge in [0, 0.05) is 0 Å². The molecule has 96 valence electrons. The topological polar surface area (TPSA) is 89.0 Å². The molecular weight excluding hydrogens is 262 g/mol. The molecule has 0 aromatic carbocycles. The third kappa shape index (κ3) is 3.03. The van der Waals surface area contributed by atoms with E-state index < -0.39 is 40.7 Å². The monoisotopic (exact) mass is 265 g/mol. The minimum atomic E-state index is -5.26. The molecular formula is C8H3F4N3O3. The molecule has 10 heteroatoms. The summed E-state index contributed by atoms with van der Waals surface area (Å²) in [7, 11) is 0. The molecule has 0 N–H and O–H groups in total. The number of nitrogens with zero attached hydrogens (tertiary/aromatic N) is 3. The van der Waals surface area contributed by atoms with Crippen LogP contribution in [0.25, 0.3) is 0 Å². The van der Waals surface area contributed by atoms with Crippen molar-refractivity contribution >= 4 is 5.69 Å². The van der Waals surface area contributed by atoms with Crippen LogP contribution < -0.4 is 4.74 Å². The summed E-state index contributed by atoms with van der Waals surface area (Å²) in [6.45, 7) is 0. The fourth-order valence-electron chi connectivity index (χ4n) is 1.09. The van der Waals surface area contributed by atoms with Crippen LogP contribution in [0, 0.1) is 27.3 Å². The van der Waals surface area contributed by atoms with Gasteiger partial charge in [0.1, 0.15) is 5.69 Å². The minimum absolute atomic E-state index is 0.355. The van der Waals surface area contributed by atoms with E-state index in [1.165, 1.54) is 6.07 Å². The number of nitriles is 1. The Morgan fingerprint density at radius 1 is 1.56 bits per heavy atom. The van der Waals surface area contributed by atoms with Crippen molar-refractivity contribution in [1.29, 1.82) is 5.26 Å². The number of halogens is 4. The highest BCUT2D eigenvalue weighted by Crippen LogP contribution is 2.36. The molecule has 6 nitrogen and oxygen atoms in total. The van der Waals surface area contributed by atoms with E-state index in [4.69, 9.17) is 5.26 Å². The average molecular weight is 265 g/mol. The van der Waals surface area contributed by atoms with Gasteiger partial charge in [-0.1, -0.05) is 0 Å². The van der Waals surface area contributed by atoms with Crippen LogP contribution in [0.4, 0.5) is 23.2 Å². The summed E-state index contributed by atoms with van der Waals surface area (Å²) in [6, 6.07) is 1.44. The van der Waals surface area contributed by atoms with Crippen LogP contribution >= 0.6 is 0 Å². The van der Waals surface area contributed by atoms with Crippen LogP contribution in [-0.2, 0) is 6.42 Å². The number of rotatable bonds is 3. The van der Waals surface area contributed by atoms with E-state index >= 15 is 0 Å². The molecule has 1 aromatic heterocycles. The van der Waals surface area contributed by atoms with Crippen molar-refractivity contribution in [3.63, 3.8) is 0 Å². The number of hydrogen-bond acceptors (Lipinski definition) is 5. The molecule has 18 heavy (non-hydrogen) atoms. The SMILES string of the molecule is N#CCc1ncc(F)c([N+](=O)[O-])c1OC(F)(F)F. The maximum atomic E-state index is 13.1. The van der Waals surface area contributed by atoms with Gasteiger partial charge in [-0.25, -0.2) is 0 Å². The van der Waals surface area contributed by atoms with E-state index in [1.807, 2.05) is 0 Å². The lowest BCUT2D eigenvalue weighted by atomic mass is 10.2. The molecule has 0 aliphatic rings. The van der Waals surface area contributed by atoms with Crippen molar-refractivity contribution < 1.29 is 27.2 Å². The van der Waals surface area contributed by atoms with Gasteiger partial charge in [-0.3, -0.25) is 15.1 Å². The van der Waals surface area contributed by atoms with E-state index in [2.05, 4.69) is 9.72 Å². The third-order valence-electron chi connectivity index (χ3n) is 1.68. The van der Waals surface area contributed by atoms with Crippen molar-refractivity contribution in [3.05, 3.63) is 27.8 Å². The first-order valence-electron chi connectivity index (χ1n) is 4.20. The molecule has 0 saturated heterocycles. The molecule has 0 spiro atoms. The number of alkyl halides is 3. The zero-order chi connectivity index (χ0) is 13.9. The standard InChI is InChI=1S/C8H3F4N3O3/c9-4-3-14-5(1-2-13)7(6(4)15(16)17)18-8(10,11)12/h3H,1H2. The second-order valence-electron chi connectivity index (χ2n) is 2.87. The number of ether oxygens (including phenoxy) is 1. The molecule has 0 bridgehead atoms.